The highest BCUT2D eigenvalue weighted by molar-refractivity contribution is 5.75. The van der Waals surface area contributed by atoms with Gasteiger partial charge < -0.3 is 29.5 Å². The molecule has 1 heterocycles. The molecule has 0 amide bonds. The highest BCUT2D eigenvalue weighted by Gasteiger charge is 2.41. The topological polar surface area (TPSA) is 105 Å². The lowest BCUT2D eigenvalue weighted by atomic mass is 9.83. The summed E-state index contributed by atoms with van der Waals surface area (Å²) in [7, 11) is 2.88. The van der Waals surface area contributed by atoms with Crippen LogP contribution in [0.1, 0.15) is 17.2 Å². The number of aliphatic hydroxyl groups is 1. The Balaban J connectivity index is 1.83. The van der Waals surface area contributed by atoms with Crippen LogP contribution in [-0.4, -0.2) is 42.1 Å². The zero-order valence-corrected chi connectivity index (χ0v) is 15.1. The summed E-state index contributed by atoms with van der Waals surface area (Å²) in [6.45, 7) is 0.100. The lowest BCUT2D eigenvalue weighted by Gasteiger charge is -2.22. The van der Waals surface area contributed by atoms with Gasteiger partial charge in [0.05, 0.1) is 32.8 Å². The predicted octanol–water partition coefficient (Wildman–Crippen LogP) is 2.18. The smallest absolute Gasteiger partial charge is 0.309 e. The first-order chi connectivity index (χ1) is 12.9. The van der Waals surface area contributed by atoms with Crippen molar-refractivity contribution in [2.24, 2.45) is 11.8 Å². The molecule has 7 heteroatoms. The fraction of sp³-hybridized carbons (Fsp3) is 0.350. The van der Waals surface area contributed by atoms with Crippen molar-refractivity contribution in [1.82, 2.24) is 0 Å². The molecular formula is C20H22O7. The second-order valence-corrected chi connectivity index (χ2v) is 6.49. The summed E-state index contributed by atoms with van der Waals surface area (Å²) >= 11 is 0. The normalized spacial score (nSPS) is 20.2. The number of ether oxygens (including phenoxy) is 3. The first kappa shape index (κ1) is 18.8. The molecule has 1 saturated heterocycles. The van der Waals surface area contributed by atoms with Gasteiger partial charge in [0.15, 0.2) is 23.0 Å². The summed E-state index contributed by atoms with van der Waals surface area (Å²) in [6.07, 6.45) is -0.623. The van der Waals surface area contributed by atoms with E-state index in [0.29, 0.717) is 17.7 Å². The number of rotatable bonds is 6. The van der Waals surface area contributed by atoms with Crippen molar-refractivity contribution in [1.29, 1.82) is 0 Å². The minimum atomic E-state index is -0.963. The van der Waals surface area contributed by atoms with Crippen LogP contribution in [-0.2, 0) is 16.0 Å². The molecule has 0 spiro atoms. The van der Waals surface area contributed by atoms with E-state index in [1.54, 1.807) is 24.3 Å². The van der Waals surface area contributed by atoms with Gasteiger partial charge in [-0.3, -0.25) is 4.79 Å². The summed E-state index contributed by atoms with van der Waals surface area (Å²) < 4.78 is 15.4. The number of phenols is 2. The zero-order chi connectivity index (χ0) is 19.6. The first-order valence-corrected chi connectivity index (χ1v) is 8.52. The minimum Gasteiger partial charge on any atom is -0.504 e. The van der Waals surface area contributed by atoms with Gasteiger partial charge in [-0.25, -0.2) is 0 Å². The van der Waals surface area contributed by atoms with Crippen LogP contribution in [0.15, 0.2) is 36.4 Å². The van der Waals surface area contributed by atoms with Crippen LogP contribution in [0.2, 0.25) is 0 Å². The van der Waals surface area contributed by atoms with Gasteiger partial charge in [-0.2, -0.15) is 0 Å². The molecule has 2 aromatic rings. The quantitative estimate of drug-likeness (QED) is 0.666. The van der Waals surface area contributed by atoms with Crippen LogP contribution < -0.4 is 9.47 Å². The second kappa shape index (κ2) is 7.75. The number of hydrogen-bond donors (Lipinski definition) is 3. The fourth-order valence-electron chi connectivity index (χ4n) is 3.35. The van der Waals surface area contributed by atoms with E-state index >= 15 is 0 Å². The molecule has 1 aliphatic heterocycles. The number of phenolic OH excluding ortho intramolecular Hbond substituents is 2. The maximum atomic E-state index is 12.2. The molecule has 3 N–H and O–H groups in total. The molecule has 3 atom stereocenters. The van der Waals surface area contributed by atoms with Gasteiger partial charge >= 0.3 is 5.97 Å². The number of aromatic hydroxyl groups is 2. The van der Waals surface area contributed by atoms with E-state index in [-0.39, 0.29) is 29.8 Å². The van der Waals surface area contributed by atoms with E-state index < -0.39 is 17.9 Å². The summed E-state index contributed by atoms with van der Waals surface area (Å²) in [4.78, 5) is 12.2. The molecule has 2 aromatic carbocycles. The third-order valence-corrected chi connectivity index (χ3v) is 4.89. The molecule has 0 aliphatic carbocycles. The Labute approximate surface area is 156 Å². The Bertz CT molecular complexity index is 833. The van der Waals surface area contributed by atoms with Gasteiger partial charge in [0.2, 0.25) is 0 Å². The molecule has 0 saturated carbocycles. The van der Waals surface area contributed by atoms with E-state index in [1.807, 2.05) is 0 Å². The maximum Gasteiger partial charge on any atom is 0.309 e. The van der Waals surface area contributed by atoms with Crippen molar-refractivity contribution in [3.63, 3.8) is 0 Å². The molecule has 3 rings (SSSR count). The number of cyclic esters (lactones) is 1. The van der Waals surface area contributed by atoms with Crippen LogP contribution in [0, 0.1) is 11.8 Å². The summed E-state index contributed by atoms with van der Waals surface area (Å²) in [5, 5.41) is 30.3. The highest BCUT2D eigenvalue weighted by atomic mass is 16.5. The lowest BCUT2D eigenvalue weighted by molar-refractivity contribution is -0.141. The maximum absolute atomic E-state index is 12.2. The van der Waals surface area contributed by atoms with Crippen LogP contribution in [0.4, 0.5) is 0 Å². The molecular weight excluding hydrogens is 352 g/mol. The van der Waals surface area contributed by atoms with E-state index in [1.165, 1.54) is 26.4 Å². The van der Waals surface area contributed by atoms with E-state index in [0.717, 1.165) is 5.56 Å². The molecule has 0 radical (unpaired) electrons. The number of methoxy groups -OCH3 is 2. The average Bonchev–Trinajstić information content (AvgIpc) is 3.03. The number of aliphatic hydroxyl groups excluding tert-OH is 1. The third-order valence-electron chi connectivity index (χ3n) is 4.89. The SMILES string of the molecule is COc1cc(C[C@H]2C(=O)OC[C@@H]2[C@H](O)c2ccc(O)c(OC)c2)ccc1O. The Morgan fingerprint density at radius 2 is 1.70 bits per heavy atom. The van der Waals surface area contributed by atoms with E-state index in [4.69, 9.17) is 14.2 Å². The van der Waals surface area contributed by atoms with Crippen LogP contribution in [0.5, 0.6) is 23.0 Å². The largest absolute Gasteiger partial charge is 0.504 e. The van der Waals surface area contributed by atoms with E-state index in [2.05, 4.69) is 0 Å². The Morgan fingerprint density at radius 1 is 1.07 bits per heavy atom. The van der Waals surface area contributed by atoms with Crippen LogP contribution >= 0.6 is 0 Å². The van der Waals surface area contributed by atoms with Gasteiger partial charge in [0, 0.05) is 5.92 Å². The monoisotopic (exact) mass is 374 g/mol. The number of esters is 1. The lowest BCUT2D eigenvalue weighted by Crippen LogP contribution is -2.24. The molecule has 144 valence electrons. The molecule has 27 heavy (non-hydrogen) atoms. The zero-order valence-electron chi connectivity index (χ0n) is 15.1. The molecule has 0 aromatic heterocycles. The Morgan fingerprint density at radius 3 is 2.37 bits per heavy atom. The third kappa shape index (κ3) is 3.78. The van der Waals surface area contributed by atoms with Crippen molar-refractivity contribution < 1.29 is 34.3 Å². The van der Waals surface area contributed by atoms with Crippen molar-refractivity contribution in [2.75, 3.05) is 20.8 Å². The molecule has 7 nitrogen and oxygen atoms in total. The van der Waals surface area contributed by atoms with Gasteiger partial charge in [0.25, 0.3) is 0 Å². The van der Waals surface area contributed by atoms with Crippen molar-refractivity contribution >= 4 is 5.97 Å². The highest BCUT2D eigenvalue weighted by Crippen LogP contribution is 2.39. The number of carbonyl (C=O) groups excluding carboxylic acids is 1. The molecule has 1 fully saturated rings. The van der Waals surface area contributed by atoms with Crippen molar-refractivity contribution in [3.05, 3.63) is 47.5 Å². The van der Waals surface area contributed by atoms with Crippen molar-refractivity contribution in [2.45, 2.75) is 12.5 Å². The number of carbonyl (C=O) groups is 1. The van der Waals surface area contributed by atoms with Gasteiger partial charge in [-0.15, -0.1) is 0 Å². The summed E-state index contributed by atoms with van der Waals surface area (Å²) in [5.74, 6) is -0.823. The second-order valence-electron chi connectivity index (χ2n) is 6.49. The van der Waals surface area contributed by atoms with Gasteiger partial charge in [0.1, 0.15) is 0 Å². The summed E-state index contributed by atoms with van der Waals surface area (Å²) in [6, 6.07) is 9.44. The average molecular weight is 374 g/mol. The summed E-state index contributed by atoms with van der Waals surface area (Å²) in [5.41, 5.74) is 1.32. The van der Waals surface area contributed by atoms with Crippen molar-refractivity contribution in [3.8, 4) is 23.0 Å². The van der Waals surface area contributed by atoms with E-state index in [9.17, 15) is 20.1 Å². The van der Waals surface area contributed by atoms with Gasteiger partial charge in [-0.05, 0) is 41.8 Å². The Kier molecular flexibility index (Phi) is 5.41. The van der Waals surface area contributed by atoms with Gasteiger partial charge in [-0.1, -0.05) is 12.1 Å². The van der Waals surface area contributed by atoms with Crippen LogP contribution in [0.3, 0.4) is 0 Å². The minimum absolute atomic E-state index is 0.0167. The number of hydrogen-bond acceptors (Lipinski definition) is 7. The Hall–Kier alpha value is -2.93. The molecule has 0 bridgehead atoms. The van der Waals surface area contributed by atoms with Crippen LogP contribution in [0.25, 0.3) is 0 Å². The fourth-order valence-corrected chi connectivity index (χ4v) is 3.35. The first-order valence-electron chi connectivity index (χ1n) is 8.52. The predicted molar refractivity (Wildman–Crippen MR) is 95.9 cm³/mol. The number of benzene rings is 2. The molecule has 0 unspecified atom stereocenters. The standard InChI is InChI=1S/C20H22O7/c1-25-17-8-11(3-5-15(17)21)7-13-14(10-27-20(13)24)19(23)12-4-6-16(22)18(9-12)26-2/h3-6,8-9,13-14,19,21-23H,7,10H2,1-2H3/t13-,14+,19-/m1/s1. The molecule has 1 aliphatic rings.